The van der Waals surface area contributed by atoms with Crippen LogP contribution >= 0.6 is 0 Å². The fourth-order valence-corrected chi connectivity index (χ4v) is 4.99. The average Bonchev–Trinajstić information content (AvgIpc) is 2.93. The molecule has 0 saturated carbocycles. The van der Waals surface area contributed by atoms with Gasteiger partial charge in [0, 0.05) is 31.7 Å². The van der Waals surface area contributed by atoms with Gasteiger partial charge in [-0.05, 0) is 44.4 Å². The predicted octanol–water partition coefficient (Wildman–Crippen LogP) is 3.47. The Hall–Kier alpha value is -2.12. The number of aryl methyl sites for hydroxylation is 2. The molecule has 7 heteroatoms. The first-order valence-electron chi connectivity index (χ1n) is 9.59. The molecule has 0 bridgehead atoms. The standard InChI is InChI=1S/C21H28N2O4S/c1-14(2)18-6-8-19(9-7-18)28(25,26)23-12-10-22(11-13-23)21(24)20-15(3)16(4)27-17(20)5/h6-9,14H,10-13H2,1-5H3. The molecule has 3 rings (SSSR count). The van der Waals surface area contributed by atoms with E-state index in [1.807, 2.05) is 26.0 Å². The van der Waals surface area contributed by atoms with Crippen molar-refractivity contribution in [2.45, 2.75) is 45.4 Å². The molecule has 1 saturated heterocycles. The van der Waals surface area contributed by atoms with Crippen LogP contribution in [0.4, 0.5) is 0 Å². The van der Waals surface area contributed by atoms with Crippen LogP contribution < -0.4 is 0 Å². The summed E-state index contributed by atoms with van der Waals surface area (Å²) in [4.78, 5) is 14.9. The molecule has 1 aromatic carbocycles. The number of carbonyl (C=O) groups excluding carboxylic acids is 1. The highest BCUT2D eigenvalue weighted by atomic mass is 32.2. The average molecular weight is 405 g/mol. The second-order valence-electron chi connectivity index (χ2n) is 7.63. The number of amides is 1. The van der Waals surface area contributed by atoms with Gasteiger partial charge in [-0.2, -0.15) is 4.31 Å². The minimum atomic E-state index is -3.55. The number of hydrogen-bond acceptors (Lipinski definition) is 4. The van der Waals surface area contributed by atoms with Crippen LogP contribution in [-0.2, 0) is 10.0 Å². The first-order valence-corrected chi connectivity index (χ1v) is 11.0. The van der Waals surface area contributed by atoms with Gasteiger partial charge in [0.05, 0.1) is 10.5 Å². The van der Waals surface area contributed by atoms with Gasteiger partial charge in [0.1, 0.15) is 11.5 Å². The van der Waals surface area contributed by atoms with Gasteiger partial charge in [0.2, 0.25) is 10.0 Å². The highest BCUT2D eigenvalue weighted by Crippen LogP contribution is 2.25. The highest BCUT2D eigenvalue weighted by Gasteiger charge is 2.32. The van der Waals surface area contributed by atoms with E-state index < -0.39 is 10.0 Å². The lowest BCUT2D eigenvalue weighted by Gasteiger charge is -2.34. The van der Waals surface area contributed by atoms with Gasteiger partial charge >= 0.3 is 0 Å². The Morgan fingerprint density at radius 3 is 2.00 bits per heavy atom. The molecular weight excluding hydrogens is 376 g/mol. The largest absolute Gasteiger partial charge is 0.466 e. The van der Waals surface area contributed by atoms with Gasteiger partial charge in [-0.25, -0.2) is 8.42 Å². The SMILES string of the molecule is Cc1oc(C)c(C(=O)N2CCN(S(=O)(=O)c3ccc(C(C)C)cc3)CC2)c1C. The number of sulfonamides is 1. The topological polar surface area (TPSA) is 70.8 Å². The Bertz CT molecular complexity index is 967. The Labute approximate surface area is 167 Å². The van der Waals surface area contributed by atoms with E-state index in [2.05, 4.69) is 13.8 Å². The molecule has 1 fully saturated rings. The third-order valence-electron chi connectivity index (χ3n) is 5.49. The minimum Gasteiger partial charge on any atom is -0.466 e. The van der Waals surface area contributed by atoms with E-state index in [1.165, 1.54) is 4.31 Å². The second kappa shape index (κ2) is 7.72. The molecule has 1 aliphatic rings. The Balaban J connectivity index is 1.71. The van der Waals surface area contributed by atoms with E-state index in [-0.39, 0.29) is 19.0 Å². The van der Waals surface area contributed by atoms with Crippen LogP contribution in [0.3, 0.4) is 0 Å². The molecule has 0 atom stereocenters. The fourth-order valence-electron chi connectivity index (χ4n) is 3.57. The maximum absolute atomic E-state index is 12.9. The van der Waals surface area contributed by atoms with E-state index in [0.29, 0.717) is 35.2 Å². The molecule has 0 N–H and O–H groups in total. The normalized spacial score (nSPS) is 16.0. The summed E-state index contributed by atoms with van der Waals surface area (Å²) in [6.45, 7) is 11.0. The van der Waals surface area contributed by atoms with Gasteiger partial charge in [0.15, 0.2) is 0 Å². The number of piperazine rings is 1. The van der Waals surface area contributed by atoms with Crippen molar-refractivity contribution in [2.75, 3.05) is 26.2 Å². The van der Waals surface area contributed by atoms with E-state index >= 15 is 0 Å². The quantitative estimate of drug-likeness (QED) is 0.782. The van der Waals surface area contributed by atoms with Crippen molar-refractivity contribution in [1.29, 1.82) is 0 Å². The van der Waals surface area contributed by atoms with Crippen molar-refractivity contribution in [2.24, 2.45) is 0 Å². The number of rotatable bonds is 4. The number of furan rings is 1. The summed E-state index contributed by atoms with van der Waals surface area (Å²) >= 11 is 0. The van der Waals surface area contributed by atoms with E-state index in [4.69, 9.17) is 4.42 Å². The molecule has 28 heavy (non-hydrogen) atoms. The smallest absolute Gasteiger partial charge is 0.257 e. The van der Waals surface area contributed by atoms with Gasteiger partial charge in [-0.3, -0.25) is 4.79 Å². The van der Waals surface area contributed by atoms with Crippen molar-refractivity contribution in [3.05, 3.63) is 52.5 Å². The molecule has 6 nitrogen and oxygen atoms in total. The van der Waals surface area contributed by atoms with Crippen molar-refractivity contribution < 1.29 is 17.6 Å². The molecule has 2 heterocycles. The molecular formula is C21H28N2O4S. The number of hydrogen-bond donors (Lipinski definition) is 0. The first kappa shape index (κ1) is 20.6. The van der Waals surface area contributed by atoms with Gasteiger partial charge in [0.25, 0.3) is 5.91 Å². The zero-order valence-corrected chi connectivity index (χ0v) is 18.0. The van der Waals surface area contributed by atoms with Gasteiger partial charge < -0.3 is 9.32 Å². The van der Waals surface area contributed by atoms with Crippen LogP contribution in [0.1, 0.15) is 52.8 Å². The van der Waals surface area contributed by atoms with E-state index in [0.717, 1.165) is 16.9 Å². The minimum absolute atomic E-state index is 0.0924. The van der Waals surface area contributed by atoms with E-state index in [9.17, 15) is 13.2 Å². The van der Waals surface area contributed by atoms with Gasteiger partial charge in [-0.1, -0.05) is 26.0 Å². The summed E-state index contributed by atoms with van der Waals surface area (Å²) in [5, 5.41) is 0. The summed E-state index contributed by atoms with van der Waals surface area (Å²) in [5.74, 6) is 1.61. The van der Waals surface area contributed by atoms with Crippen LogP contribution in [-0.4, -0.2) is 49.7 Å². The second-order valence-corrected chi connectivity index (χ2v) is 9.57. The van der Waals surface area contributed by atoms with Crippen LogP contribution in [0.25, 0.3) is 0 Å². The zero-order valence-electron chi connectivity index (χ0n) is 17.2. The van der Waals surface area contributed by atoms with Crippen LogP contribution in [0.2, 0.25) is 0 Å². The van der Waals surface area contributed by atoms with Crippen molar-refractivity contribution in [3.63, 3.8) is 0 Å². The molecule has 1 amide bonds. The van der Waals surface area contributed by atoms with Crippen molar-refractivity contribution in [1.82, 2.24) is 9.21 Å². The fraction of sp³-hybridized carbons (Fsp3) is 0.476. The first-order chi connectivity index (χ1) is 13.1. The molecule has 152 valence electrons. The molecule has 0 unspecified atom stereocenters. The molecule has 2 aromatic rings. The maximum Gasteiger partial charge on any atom is 0.257 e. The third-order valence-corrected chi connectivity index (χ3v) is 7.40. The lowest BCUT2D eigenvalue weighted by atomic mass is 10.0. The number of benzene rings is 1. The third kappa shape index (κ3) is 3.73. The van der Waals surface area contributed by atoms with Crippen molar-refractivity contribution in [3.8, 4) is 0 Å². The lowest BCUT2D eigenvalue weighted by Crippen LogP contribution is -2.50. The van der Waals surface area contributed by atoms with E-state index in [1.54, 1.807) is 24.0 Å². The Morgan fingerprint density at radius 2 is 1.54 bits per heavy atom. The van der Waals surface area contributed by atoms with Crippen LogP contribution in [0.15, 0.2) is 33.6 Å². The summed E-state index contributed by atoms with van der Waals surface area (Å²) in [6, 6.07) is 7.07. The lowest BCUT2D eigenvalue weighted by molar-refractivity contribution is 0.0695. The van der Waals surface area contributed by atoms with Gasteiger partial charge in [-0.15, -0.1) is 0 Å². The summed E-state index contributed by atoms with van der Waals surface area (Å²) in [6.07, 6.45) is 0. The number of nitrogens with zero attached hydrogens (tertiary/aromatic N) is 2. The summed E-state index contributed by atoms with van der Waals surface area (Å²) in [7, 11) is -3.55. The molecule has 1 aliphatic heterocycles. The van der Waals surface area contributed by atoms with Crippen molar-refractivity contribution >= 4 is 15.9 Å². The predicted molar refractivity (Wildman–Crippen MR) is 108 cm³/mol. The number of carbonyl (C=O) groups is 1. The zero-order chi connectivity index (χ0) is 20.6. The Kier molecular flexibility index (Phi) is 5.68. The molecule has 1 aromatic heterocycles. The van der Waals surface area contributed by atoms with Crippen LogP contribution in [0.5, 0.6) is 0 Å². The molecule has 0 spiro atoms. The summed E-state index contributed by atoms with van der Waals surface area (Å²) < 4.78 is 32.9. The molecule has 0 radical (unpaired) electrons. The van der Waals surface area contributed by atoms with Crippen LogP contribution in [0, 0.1) is 20.8 Å². The molecule has 0 aliphatic carbocycles. The monoisotopic (exact) mass is 404 g/mol. The highest BCUT2D eigenvalue weighted by molar-refractivity contribution is 7.89. The Morgan fingerprint density at radius 1 is 0.964 bits per heavy atom. The maximum atomic E-state index is 12.9. The summed E-state index contributed by atoms with van der Waals surface area (Å²) in [5.41, 5.74) is 2.55.